The summed E-state index contributed by atoms with van der Waals surface area (Å²) in [6.07, 6.45) is 8.06. The number of rotatable bonds is 8. The van der Waals surface area contributed by atoms with Gasteiger partial charge in [0.2, 0.25) is 0 Å². The fraction of sp³-hybridized carbons (Fsp3) is 0.600. The molecule has 1 unspecified atom stereocenters. The molecule has 0 heterocycles. The average Bonchev–Trinajstić information content (AvgIpc) is 2.35. The van der Waals surface area contributed by atoms with Gasteiger partial charge in [0, 0.05) is 6.04 Å². The van der Waals surface area contributed by atoms with Crippen molar-refractivity contribution in [3.63, 3.8) is 0 Å². The number of unbranched alkanes of at least 4 members (excludes halogenated alkanes) is 4. The zero-order chi connectivity index (χ0) is 11.6. The molecule has 1 aromatic carbocycles. The Morgan fingerprint density at radius 2 is 1.69 bits per heavy atom. The van der Waals surface area contributed by atoms with Gasteiger partial charge in [0.25, 0.3) is 0 Å². The summed E-state index contributed by atoms with van der Waals surface area (Å²) in [6, 6.07) is 11.3. The third kappa shape index (κ3) is 4.80. The van der Waals surface area contributed by atoms with Gasteiger partial charge in [-0.05, 0) is 19.0 Å². The molecule has 0 bridgehead atoms. The zero-order valence-corrected chi connectivity index (χ0v) is 10.7. The highest BCUT2D eigenvalue weighted by molar-refractivity contribution is 5.18. The Morgan fingerprint density at radius 1 is 1.00 bits per heavy atom. The minimum Gasteiger partial charge on any atom is -0.313 e. The lowest BCUT2D eigenvalue weighted by Gasteiger charge is -2.16. The molecule has 0 amide bonds. The summed E-state index contributed by atoms with van der Waals surface area (Å²) in [5.74, 6) is 0. The van der Waals surface area contributed by atoms with Crippen molar-refractivity contribution >= 4 is 0 Å². The molecule has 0 aromatic heterocycles. The molecule has 1 rings (SSSR count). The highest BCUT2D eigenvalue weighted by Gasteiger charge is 2.07. The van der Waals surface area contributed by atoms with Gasteiger partial charge in [-0.15, -0.1) is 0 Å². The second kappa shape index (κ2) is 8.35. The fourth-order valence-electron chi connectivity index (χ4n) is 2.12. The van der Waals surface area contributed by atoms with Crippen molar-refractivity contribution in [3.05, 3.63) is 35.9 Å². The maximum absolute atomic E-state index is 3.41. The predicted octanol–water partition coefficient (Wildman–Crippen LogP) is 4.31. The molecule has 0 aliphatic heterocycles. The van der Waals surface area contributed by atoms with Gasteiger partial charge in [-0.25, -0.2) is 0 Å². The highest BCUT2D eigenvalue weighted by Crippen LogP contribution is 2.19. The monoisotopic (exact) mass is 219 g/mol. The minimum atomic E-state index is 0.530. The minimum absolute atomic E-state index is 0.530. The summed E-state index contributed by atoms with van der Waals surface area (Å²) in [5, 5.41) is 3.41. The zero-order valence-electron chi connectivity index (χ0n) is 10.7. The molecule has 90 valence electrons. The SMILES string of the molecule is CCCCCCCC(NC)c1ccccc1. The van der Waals surface area contributed by atoms with E-state index in [4.69, 9.17) is 0 Å². The van der Waals surface area contributed by atoms with E-state index in [-0.39, 0.29) is 0 Å². The van der Waals surface area contributed by atoms with E-state index >= 15 is 0 Å². The van der Waals surface area contributed by atoms with Crippen LogP contribution in [-0.2, 0) is 0 Å². The van der Waals surface area contributed by atoms with Crippen molar-refractivity contribution in [2.24, 2.45) is 0 Å². The Bertz CT molecular complexity index is 255. The van der Waals surface area contributed by atoms with Crippen molar-refractivity contribution in [2.75, 3.05) is 7.05 Å². The number of nitrogens with one attached hydrogen (secondary N) is 1. The summed E-state index contributed by atoms with van der Waals surface area (Å²) in [7, 11) is 2.06. The molecule has 0 aliphatic carbocycles. The smallest absolute Gasteiger partial charge is 0.0317 e. The quantitative estimate of drug-likeness (QED) is 0.642. The van der Waals surface area contributed by atoms with E-state index in [1.165, 1.54) is 44.1 Å². The summed E-state index contributed by atoms with van der Waals surface area (Å²) in [5.41, 5.74) is 1.42. The Morgan fingerprint density at radius 3 is 2.31 bits per heavy atom. The first-order chi connectivity index (χ1) is 7.88. The third-order valence-corrected chi connectivity index (χ3v) is 3.15. The molecule has 1 nitrogen and oxygen atoms in total. The fourth-order valence-corrected chi connectivity index (χ4v) is 2.12. The van der Waals surface area contributed by atoms with Crippen LogP contribution in [0, 0.1) is 0 Å². The maximum atomic E-state index is 3.41. The van der Waals surface area contributed by atoms with Crippen LogP contribution < -0.4 is 5.32 Å². The van der Waals surface area contributed by atoms with Gasteiger partial charge < -0.3 is 5.32 Å². The van der Waals surface area contributed by atoms with E-state index in [1.807, 2.05) is 0 Å². The molecule has 0 aliphatic rings. The van der Waals surface area contributed by atoms with Crippen LogP contribution >= 0.6 is 0 Å². The summed E-state index contributed by atoms with van der Waals surface area (Å²) >= 11 is 0. The summed E-state index contributed by atoms with van der Waals surface area (Å²) < 4.78 is 0. The van der Waals surface area contributed by atoms with Crippen molar-refractivity contribution < 1.29 is 0 Å². The van der Waals surface area contributed by atoms with E-state index < -0.39 is 0 Å². The highest BCUT2D eigenvalue weighted by atomic mass is 14.9. The standard InChI is InChI=1S/C15H25N/c1-3-4-5-6-10-13-15(16-2)14-11-8-7-9-12-14/h7-9,11-12,15-16H,3-6,10,13H2,1-2H3. The van der Waals surface area contributed by atoms with Crippen LogP contribution in [0.1, 0.15) is 57.1 Å². The van der Waals surface area contributed by atoms with Gasteiger partial charge >= 0.3 is 0 Å². The van der Waals surface area contributed by atoms with Crippen LogP contribution in [0.25, 0.3) is 0 Å². The van der Waals surface area contributed by atoms with Gasteiger partial charge in [-0.1, -0.05) is 69.4 Å². The topological polar surface area (TPSA) is 12.0 Å². The first-order valence-corrected chi connectivity index (χ1v) is 6.60. The van der Waals surface area contributed by atoms with Crippen LogP contribution in [0.5, 0.6) is 0 Å². The van der Waals surface area contributed by atoms with Crippen LogP contribution in [-0.4, -0.2) is 7.05 Å². The first kappa shape index (κ1) is 13.2. The molecular weight excluding hydrogens is 194 g/mol. The Labute approximate surface area is 100 Å². The number of hydrogen-bond donors (Lipinski definition) is 1. The van der Waals surface area contributed by atoms with Crippen molar-refractivity contribution in [1.29, 1.82) is 0 Å². The largest absolute Gasteiger partial charge is 0.313 e. The van der Waals surface area contributed by atoms with E-state index in [9.17, 15) is 0 Å². The van der Waals surface area contributed by atoms with Crippen molar-refractivity contribution in [3.8, 4) is 0 Å². The lowest BCUT2D eigenvalue weighted by atomic mass is 10.00. The maximum Gasteiger partial charge on any atom is 0.0317 e. The number of benzene rings is 1. The average molecular weight is 219 g/mol. The molecule has 0 spiro atoms. The molecule has 1 aromatic rings. The number of hydrogen-bond acceptors (Lipinski definition) is 1. The third-order valence-electron chi connectivity index (χ3n) is 3.15. The van der Waals surface area contributed by atoms with Gasteiger partial charge in [0.05, 0.1) is 0 Å². The Hall–Kier alpha value is -0.820. The molecule has 1 N–H and O–H groups in total. The Balaban J connectivity index is 2.27. The Kier molecular flexibility index (Phi) is 6.91. The van der Waals surface area contributed by atoms with Crippen LogP contribution in [0.2, 0.25) is 0 Å². The molecule has 0 saturated heterocycles. The lowest BCUT2D eigenvalue weighted by molar-refractivity contribution is 0.501. The molecule has 0 radical (unpaired) electrons. The van der Waals surface area contributed by atoms with E-state index in [2.05, 4.69) is 49.6 Å². The lowest BCUT2D eigenvalue weighted by Crippen LogP contribution is -2.16. The molecule has 0 saturated carbocycles. The van der Waals surface area contributed by atoms with Crippen molar-refractivity contribution in [2.45, 2.75) is 51.5 Å². The van der Waals surface area contributed by atoms with Gasteiger partial charge in [0.1, 0.15) is 0 Å². The second-order valence-corrected chi connectivity index (χ2v) is 4.45. The van der Waals surface area contributed by atoms with Gasteiger partial charge in [-0.3, -0.25) is 0 Å². The van der Waals surface area contributed by atoms with Crippen molar-refractivity contribution in [1.82, 2.24) is 5.32 Å². The summed E-state index contributed by atoms with van der Waals surface area (Å²) in [4.78, 5) is 0. The van der Waals surface area contributed by atoms with E-state index in [0.29, 0.717) is 6.04 Å². The molecule has 16 heavy (non-hydrogen) atoms. The molecule has 1 heteroatoms. The molecule has 1 atom stereocenters. The summed E-state index contributed by atoms with van der Waals surface area (Å²) in [6.45, 7) is 2.26. The molecular formula is C15H25N. The van der Waals surface area contributed by atoms with E-state index in [1.54, 1.807) is 0 Å². The van der Waals surface area contributed by atoms with Crippen LogP contribution in [0.3, 0.4) is 0 Å². The first-order valence-electron chi connectivity index (χ1n) is 6.60. The van der Waals surface area contributed by atoms with Gasteiger partial charge in [-0.2, -0.15) is 0 Å². The van der Waals surface area contributed by atoms with Crippen LogP contribution in [0.4, 0.5) is 0 Å². The predicted molar refractivity (Wildman–Crippen MR) is 71.6 cm³/mol. The normalized spacial score (nSPS) is 12.6. The molecule has 0 fully saturated rings. The van der Waals surface area contributed by atoms with Crippen LogP contribution in [0.15, 0.2) is 30.3 Å². The van der Waals surface area contributed by atoms with E-state index in [0.717, 1.165) is 0 Å². The van der Waals surface area contributed by atoms with Gasteiger partial charge in [0.15, 0.2) is 0 Å². The second-order valence-electron chi connectivity index (χ2n) is 4.45.